The van der Waals surface area contributed by atoms with Gasteiger partial charge in [0.1, 0.15) is 5.69 Å². The van der Waals surface area contributed by atoms with E-state index in [0.717, 1.165) is 0 Å². The standard InChI is InChI=1S/C11H16N4O3/c12-10(17)9-3-7(4-14-9)11(18)15-2-1-13-5-8(16)6-15/h3-4,8,13-14,16H,1-2,5-6H2,(H2,12,17). The van der Waals surface area contributed by atoms with Gasteiger partial charge < -0.3 is 26.0 Å². The molecule has 0 radical (unpaired) electrons. The Balaban J connectivity index is 2.11. The fourth-order valence-electron chi connectivity index (χ4n) is 1.92. The lowest BCUT2D eigenvalue weighted by atomic mass is 10.2. The van der Waals surface area contributed by atoms with Crippen LogP contribution in [0.3, 0.4) is 0 Å². The molecule has 1 unspecified atom stereocenters. The number of H-pyrrole nitrogens is 1. The first-order chi connectivity index (χ1) is 8.58. The van der Waals surface area contributed by atoms with Crippen molar-refractivity contribution in [2.45, 2.75) is 6.10 Å². The fourth-order valence-corrected chi connectivity index (χ4v) is 1.92. The zero-order valence-electron chi connectivity index (χ0n) is 9.85. The molecule has 0 bridgehead atoms. The van der Waals surface area contributed by atoms with Crippen molar-refractivity contribution >= 4 is 11.8 Å². The van der Waals surface area contributed by atoms with Crippen LogP contribution in [0.15, 0.2) is 12.3 Å². The largest absolute Gasteiger partial charge is 0.390 e. The lowest BCUT2D eigenvalue weighted by molar-refractivity contribution is 0.0673. The summed E-state index contributed by atoms with van der Waals surface area (Å²) in [5, 5.41) is 12.6. The second-order valence-corrected chi connectivity index (χ2v) is 4.28. The molecule has 1 aromatic heterocycles. The third kappa shape index (κ3) is 2.69. The van der Waals surface area contributed by atoms with Crippen molar-refractivity contribution in [3.05, 3.63) is 23.5 Å². The van der Waals surface area contributed by atoms with Gasteiger partial charge in [0.05, 0.1) is 11.7 Å². The van der Waals surface area contributed by atoms with E-state index < -0.39 is 12.0 Å². The van der Waals surface area contributed by atoms with Gasteiger partial charge in [0, 0.05) is 32.4 Å². The fraction of sp³-hybridized carbons (Fsp3) is 0.455. The van der Waals surface area contributed by atoms with E-state index in [1.807, 2.05) is 0 Å². The number of aromatic nitrogens is 1. The SMILES string of the molecule is NC(=O)c1cc(C(=O)N2CCNCC(O)C2)c[nH]1. The molecule has 1 atom stereocenters. The second-order valence-electron chi connectivity index (χ2n) is 4.28. The van der Waals surface area contributed by atoms with Gasteiger partial charge in [-0.05, 0) is 6.07 Å². The van der Waals surface area contributed by atoms with Crippen molar-refractivity contribution < 1.29 is 14.7 Å². The van der Waals surface area contributed by atoms with Crippen molar-refractivity contribution in [2.24, 2.45) is 5.73 Å². The number of aliphatic hydroxyl groups is 1. The van der Waals surface area contributed by atoms with Crippen LogP contribution in [-0.4, -0.2) is 59.1 Å². The molecule has 7 heteroatoms. The summed E-state index contributed by atoms with van der Waals surface area (Å²) < 4.78 is 0. The lowest BCUT2D eigenvalue weighted by Gasteiger charge is -2.21. The Morgan fingerprint density at radius 1 is 1.50 bits per heavy atom. The molecule has 1 aliphatic rings. The zero-order chi connectivity index (χ0) is 13.1. The minimum Gasteiger partial charge on any atom is -0.390 e. The molecule has 1 saturated heterocycles. The molecule has 7 nitrogen and oxygen atoms in total. The molecule has 0 aliphatic carbocycles. The van der Waals surface area contributed by atoms with Crippen LogP contribution in [0.5, 0.6) is 0 Å². The number of carbonyl (C=O) groups is 2. The van der Waals surface area contributed by atoms with Gasteiger partial charge in [0.2, 0.25) is 0 Å². The third-order valence-electron chi connectivity index (χ3n) is 2.85. The Bertz CT molecular complexity index is 457. The van der Waals surface area contributed by atoms with Gasteiger partial charge >= 0.3 is 0 Å². The van der Waals surface area contributed by atoms with Crippen molar-refractivity contribution in [2.75, 3.05) is 26.2 Å². The molecule has 2 rings (SSSR count). The number of rotatable bonds is 2. The highest BCUT2D eigenvalue weighted by Gasteiger charge is 2.22. The molecule has 0 spiro atoms. The number of carbonyl (C=O) groups excluding carboxylic acids is 2. The second kappa shape index (κ2) is 5.19. The van der Waals surface area contributed by atoms with Crippen molar-refractivity contribution in [1.29, 1.82) is 0 Å². The minimum atomic E-state index is -0.605. The zero-order valence-corrected chi connectivity index (χ0v) is 9.85. The van der Waals surface area contributed by atoms with Gasteiger partial charge in [-0.15, -0.1) is 0 Å². The van der Waals surface area contributed by atoms with Crippen molar-refractivity contribution in [1.82, 2.24) is 15.2 Å². The van der Waals surface area contributed by atoms with E-state index >= 15 is 0 Å². The van der Waals surface area contributed by atoms with E-state index in [9.17, 15) is 14.7 Å². The molecule has 5 N–H and O–H groups in total. The summed E-state index contributed by atoms with van der Waals surface area (Å²) in [4.78, 5) is 27.3. The number of β-amino-alcohol motifs (C(OH)–C–C–N with tert-alkyl or cyclic N) is 1. The number of aliphatic hydroxyl groups excluding tert-OH is 1. The van der Waals surface area contributed by atoms with E-state index in [1.165, 1.54) is 12.3 Å². The summed E-state index contributed by atoms with van der Waals surface area (Å²) in [5.74, 6) is -0.826. The van der Waals surface area contributed by atoms with Crippen LogP contribution < -0.4 is 11.1 Å². The maximum Gasteiger partial charge on any atom is 0.265 e. The molecule has 98 valence electrons. The Hall–Kier alpha value is -1.86. The Morgan fingerprint density at radius 2 is 2.28 bits per heavy atom. The Kier molecular flexibility index (Phi) is 3.63. The molecule has 1 aliphatic heterocycles. The Morgan fingerprint density at radius 3 is 2.94 bits per heavy atom. The number of primary amides is 1. The first kappa shape index (κ1) is 12.6. The van der Waals surface area contributed by atoms with Crippen LogP contribution >= 0.6 is 0 Å². The number of nitrogens with one attached hydrogen (secondary N) is 2. The van der Waals surface area contributed by atoms with E-state index in [2.05, 4.69) is 10.3 Å². The number of amides is 2. The maximum atomic E-state index is 12.1. The van der Waals surface area contributed by atoms with Crippen LogP contribution in [0.25, 0.3) is 0 Å². The van der Waals surface area contributed by atoms with Crippen LogP contribution in [0.2, 0.25) is 0 Å². The van der Waals surface area contributed by atoms with Crippen LogP contribution in [0.4, 0.5) is 0 Å². The lowest BCUT2D eigenvalue weighted by Crippen LogP contribution is -2.37. The molecule has 2 amide bonds. The summed E-state index contributed by atoms with van der Waals surface area (Å²) in [6.45, 7) is 1.91. The van der Waals surface area contributed by atoms with Crippen molar-refractivity contribution in [3.63, 3.8) is 0 Å². The highest BCUT2D eigenvalue weighted by molar-refractivity contribution is 5.98. The van der Waals surface area contributed by atoms with Gasteiger partial charge in [-0.3, -0.25) is 9.59 Å². The molecule has 0 aromatic carbocycles. The number of aromatic amines is 1. The molecular weight excluding hydrogens is 236 g/mol. The predicted octanol–water partition coefficient (Wildman–Crippen LogP) is -1.48. The summed E-state index contributed by atoms with van der Waals surface area (Å²) in [7, 11) is 0. The highest BCUT2D eigenvalue weighted by atomic mass is 16.3. The summed E-state index contributed by atoms with van der Waals surface area (Å²) in [6.07, 6.45) is 0.874. The Labute approximate surface area is 104 Å². The van der Waals surface area contributed by atoms with Gasteiger partial charge in [-0.25, -0.2) is 0 Å². The average molecular weight is 252 g/mol. The molecule has 1 aromatic rings. The molecule has 0 saturated carbocycles. The van der Waals surface area contributed by atoms with Gasteiger partial charge in [0.25, 0.3) is 11.8 Å². The number of nitrogens with two attached hydrogens (primary N) is 1. The quantitative estimate of drug-likeness (QED) is 0.514. The van der Waals surface area contributed by atoms with Gasteiger partial charge in [-0.1, -0.05) is 0 Å². The summed E-state index contributed by atoms with van der Waals surface area (Å²) >= 11 is 0. The maximum absolute atomic E-state index is 12.1. The smallest absolute Gasteiger partial charge is 0.265 e. The topological polar surface area (TPSA) is 111 Å². The van der Waals surface area contributed by atoms with E-state index in [1.54, 1.807) is 4.90 Å². The molecule has 18 heavy (non-hydrogen) atoms. The number of hydrogen-bond acceptors (Lipinski definition) is 4. The predicted molar refractivity (Wildman–Crippen MR) is 64.1 cm³/mol. The first-order valence-electron chi connectivity index (χ1n) is 5.74. The van der Waals surface area contributed by atoms with Crippen molar-refractivity contribution in [3.8, 4) is 0 Å². The van der Waals surface area contributed by atoms with Crippen LogP contribution in [0.1, 0.15) is 20.8 Å². The van der Waals surface area contributed by atoms with E-state index in [-0.39, 0.29) is 18.1 Å². The minimum absolute atomic E-state index is 0.201. The first-order valence-corrected chi connectivity index (χ1v) is 5.74. The van der Waals surface area contributed by atoms with E-state index in [0.29, 0.717) is 25.2 Å². The van der Waals surface area contributed by atoms with E-state index in [4.69, 9.17) is 5.73 Å². The molecule has 2 heterocycles. The average Bonchev–Trinajstić information content (AvgIpc) is 2.72. The summed E-state index contributed by atoms with van der Waals surface area (Å²) in [6, 6.07) is 1.43. The van der Waals surface area contributed by atoms with Gasteiger partial charge in [0.15, 0.2) is 0 Å². The van der Waals surface area contributed by atoms with Crippen LogP contribution in [-0.2, 0) is 0 Å². The summed E-state index contributed by atoms with van der Waals surface area (Å²) in [5.41, 5.74) is 5.68. The molecule has 1 fully saturated rings. The van der Waals surface area contributed by atoms with Gasteiger partial charge in [-0.2, -0.15) is 0 Å². The molecular formula is C11H16N4O3. The normalized spacial score (nSPS) is 20.5. The monoisotopic (exact) mass is 252 g/mol. The highest BCUT2D eigenvalue weighted by Crippen LogP contribution is 2.08. The number of hydrogen-bond donors (Lipinski definition) is 4. The number of nitrogens with zero attached hydrogens (tertiary/aromatic N) is 1. The third-order valence-corrected chi connectivity index (χ3v) is 2.85. The van der Waals surface area contributed by atoms with Crippen LogP contribution in [0, 0.1) is 0 Å².